The molecule has 0 spiro atoms. The van der Waals surface area contributed by atoms with Gasteiger partial charge < -0.3 is 4.74 Å². The van der Waals surface area contributed by atoms with Gasteiger partial charge >= 0.3 is 15.5 Å². The van der Waals surface area contributed by atoms with Gasteiger partial charge in [0.1, 0.15) is 5.60 Å². The molecule has 1 aromatic carbocycles. The standard InChI is InChI=1S/C12H12F3NO4S/c1-2-11(7-20-11)9-5-3-4-8(6-9)10(17)16-21(18,19)12(13,14)15/h3-6H,2,7H2,1H3,(H,16,17). The summed E-state index contributed by atoms with van der Waals surface area (Å²) in [6.45, 7) is 2.32. The zero-order chi connectivity index (χ0) is 15.9. The van der Waals surface area contributed by atoms with E-state index in [1.165, 1.54) is 18.2 Å². The zero-order valence-corrected chi connectivity index (χ0v) is 11.7. The van der Waals surface area contributed by atoms with E-state index < -0.39 is 27.0 Å². The van der Waals surface area contributed by atoms with Gasteiger partial charge in [-0.2, -0.15) is 21.6 Å². The SMILES string of the molecule is CCC1(c2cccc(C(=O)NS(=O)(=O)C(F)(F)F)c2)CO1. The van der Waals surface area contributed by atoms with Crippen LogP contribution >= 0.6 is 0 Å². The number of hydrogen-bond donors (Lipinski definition) is 1. The molecule has 0 bridgehead atoms. The Morgan fingerprint density at radius 2 is 2.05 bits per heavy atom. The van der Waals surface area contributed by atoms with E-state index in [4.69, 9.17) is 4.74 Å². The largest absolute Gasteiger partial charge is 0.516 e. The monoisotopic (exact) mass is 323 g/mol. The van der Waals surface area contributed by atoms with Crippen molar-refractivity contribution in [3.63, 3.8) is 0 Å². The van der Waals surface area contributed by atoms with E-state index >= 15 is 0 Å². The van der Waals surface area contributed by atoms with Gasteiger partial charge in [-0.15, -0.1) is 0 Å². The maximum atomic E-state index is 12.2. The van der Waals surface area contributed by atoms with E-state index in [2.05, 4.69) is 0 Å². The Labute approximate surface area is 119 Å². The fourth-order valence-corrected chi connectivity index (χ4v) is 2.32. The molecule has 1 atom stereocenters. The molecule has 21 heavy (non-hydrogen) atoms. The molecule has 1 heterocycles. The van der Waals surface area contributed by atoms with Gasteiger partial charge in [-0.3, -0.25) is 4.79 Å². The van der Waals surface area contributed by atoms with Gasteiger partial charge in [0, 0.05) is 5.56 Å². The molecular formula is C12H12F3NO4S. The highest BCUT2D eigenvalue weighted by atomic mass is 32.2. The van der Waals surface area contributed by atoms with E-state index in [0.29, 0.717) is 18.6 Å². The van der Waals surface area contributed by atoms with Gasteiger partial charge in [-0.25, -0.2) is 4.72 Å². The Hall–Kier alpha value is -1.61. The average Bonchev–Trinajstić information content (AvgIpc) is 3.18. The lowest BCUT2D eigenvalue weighted by Crippen LogP contribution is -2.40. The highest BCUT2D eigenvalue weighted by Gasteiger charge is 2.47. The van der Waals surface area contributed by atoms with E-state index in [1.807, 2.05) is 6.92 Å². The third kappa shape index (κ3) is 3.03. The summed E-state index contributed by atoms with van der Waals surface area (Å²) in [4.78, 5) is 11.7. The number of halogens is 3. The van der Waals surface area contributed by atoms with Gasteiger partial charge in [0.05, 0.1) is 6.61 Å². The lowest BCUT2D eigenvalue weighted by Gasteiger charge is -2.12. The van der Waals surface area contributed by atoms with Gasteiger partial charge in [0.25, 0.3) is 5.91 Å². The van der Waals surface area contributed by atoms with Crippen molar-refractivity contribution in [2.45, 2.75) is 24.5 Å². The number of epoxide rings is 1. The molecule has 1 saturated heterocycles. The van der Waals surface area contributed by atoms with Crippen LogP contribution in [0.25, 0.3) is 0 Å². The highest BCUT2D eigenvalue weighted by molar-refractivity contribution is 7.90. The number of carbonyl (C=O) groups excluding carboxylic acids is 1. The van der Waals surface area contributed by atoms with Crippen molar-refractivity contribution < 1.29 is 31.1 Å². The maximum absolute atomic E-state index is 12.2. The number of rotatable bonds is 4. The second-order valence-electron chi connectivity index (χ2n) is 4.60. The van der Waals surface area contributed by atoms with Crippen LogP contribution in [0.1, 0.15) is 29.3 Å². The van der Waals surface area contributed by atoms with Crippen LogP contribution in [0.2, 0.25) is 0 Å². The normalized spacial score (nSPS) is 21.9. The molecule has 2 rings (SSSR count). The third-order valence-corrected chi connectivity index (χ3v) is 4.31. The number of sulfonamides is 1. The van der Waals surface area contributed by atoms with Crippen molar-refractivity contribution in [2.75, 3.05) is 6.61 Å². The molecule has 5 nitrogen and oxygen atoms in total. The van der Waals surface area contributed by atoms with Crippen molar-refractivity contribution >= 4 is 15.9 Å². The zero-order valence-electron chi connectivity index (χ0n) is 10.9. The van der Waals surface area contributed by atoms with E-state index in [0.717, 1.165) is 4.72 Å². The number of hydrogen-bond acceptors (Lipinski definition) is 4. The lowest BCUT2D eigenvalue weighted by molar-refractivity contribution is -0.0446. The molecule has 0 aromatic heterocycles. The fraction of sp³-hybridized carbons (Fsp3) is 0.417. The molecule has 0 saturated carbocycles. The predicted octanol–water partition coefficient (Wildman–Crippen LogP) is 1.90. The van der Waals surface area contributed by atoms with Gasteiger partial charge in [0.15, 0.2) is 0 Å². The minimum absolute atomic E-state index is 0.177. The Balaban J connectivity index is 2.24. The summed E-state index contributed by atoms with van der Waals surface area (Å²) < 4.78 is 64.8. The summed E-state index contributed by atoms with van der Waals surface area (Å²) in [5.74, 6) is -1.33. The van der Waals surface area contributed by atoms with Crippen LogP contribution in [0.5, 0.6) is 0 Å². The molecule has 1 aromatic rings. The Kier molecular flexibility index (Phi) is 3.75. The van der Waals surface area contributed by atoms with Crippen LogP contribution < -0.4 is 4.72 Å². The second-order valence-corrected chi connectivity index (χ2v) is 6.27. The summed E-state index contributed by atoms with van der Waals surface area (Å²) in [5, 5.41) is 0. The topological polar surface area (TPSA) is 75.8 Å². The molecule has 9 heteroatoms. The highest BCUT2D eigenvalue weighted by Crippen LogP contribution is 2.41. The van der Waals surface area contributed by atoms with Crippen LogP contribution in [0.3, 0.4) is 0 Å². The number of alkyl halides is 3. The molecule has 1 fully saturated rings. The van der Waals surface area contributed by atoms with Crippen molar-refractivity contribution in [3.05, 3.63) is 35.4 Å². The van der Waals surface area contributed by atoms with Crippen LogP contribution in [-0.4, -0.2) is 26.4 Å². The summed E-state index contributed by atoms with van der Waals surface area (Å²) in [7, 11) is -5.71. The third-order valence-electron chi connectivity index (χ3n) is 3.25. The number of carbonyl (C=O) groups is 1. The van der Waals surface area contributed by atoms with Crippen LogP contribution in [0, 0.1) is 0 Å². The Bertz CT molecular complexity index is 665. The van der Waals surface area contributed by atoms with Crippen LogP contribution in [0.4, 0.5) is 13.2 Å². The smallest absolute Gasteiger partial charge is 0.365 e. The minimum atomic E-state index is -5.71. The molecular weight excluding hydrogens is 311 g/mol. The Morgan fingerprint density at radius 1 is 1.43 bits per heavy atom. The molecule has 1 unspecified atom stereocenters. The van der Waals surface area contributed by atoms with Crippen molar-refractivity contribution in [2.24, 2.45) is 0 Å². The van der Waals surface area contributed by atoms with Crippen molar-refractivity contribution in [1.29, 1.82) is 0 Å². The maximum Gasteiger partial charge on any atom is 0.516 e. The summed E-state index contributed by atoms with van der Waals surface area (Å²) in [6, 6.07) is 5.70. The summed E-state index contributed by atoms with van der Waals surface area (Å²) in [6.07, 6.45) is 0.638. The second kappa shape index (κ2) is 4.99. The number of amides is 1. The first kappa shape index (κ1) is 15.8. The number of benzene rings is 1. The first-order valence-corrected chi connectivity index (χ1v) is 7.47. The fourth-order valence-electron chi connectivity index (χ4n) is 1.84. The molecule has 0 aliphatic carbocycles. The molecule has 1 N–H and O–H groups in total. The van der Waals surface area contributed by atoms with Crippen molar-refractivity contribution in [1.82, 2.24) is 4.72 Å². The molecule has 1 aliphatic rings. The minimum Gasteiger partial charge on any atom is -0.365 e. The van der Waals surface area contributed by atoms with Crippen molar-refractivity contribution in [3.8, 4) is 0 Å². The molecule has 1 amide bonds. The Morgan fingerprint density at radius 3 is 2.52 bits per heavy atom. The lowest BCUT2D eigenvalue weighted by atomic mass is 9.95. The number of nitrogens with one attached hydrogen (secondary N) is 1. The van der Waals surface area contributed by atoms with E-state index in [9.17, 15) is 26.4 Å². The van der Waals surface area contributed by atoms with Gasteiger partial charge in [0.2, 0.25) is 0 Å². The number of ether oxygens (including phenoxy) is 1. The molecule has 116 valence electrons. The quantitative estimate of drug-likeness (QED) is 0.859. The van der Waals surface area contributed by atoms with Crippen LogP contribution in [-0.2, 0) is 20.4 Å². The van der Waals surface area contributed by atoms with Gasteiger partial charge in [-0.05, 0) is 24.1 Å². The van der Waals surface area contributed by atoms with E-state index in [-0.39, 0.29) is 5.56 Å². The van der Waals surface area contributed by atoms with Crippen LogP contribution in [0.15, 0.2) is 24.3 Å². The molecule has 1 aliphatic heterocycles. The first-order valence-electron chi connectivity index (χ1n) is 5.99. The predicted molar refractivity (Wildman–Crippen MR) is 66.8 cm³/mol. The summed E-state index contributed by atoms with van der Waals surface area (Å²) in [5.41, 5.74) is -5.62. The molecule has 0 radical (unpaired) electrons. The van der Waals surface area contributed by atoms with Gasteiger partial charge in [-0.1, -0.05) is 19.1 Å². The average molecular weight is 323 g/mol. The van der Waals surface area contributed by atoms with E-state index in [1.54, 1.807) is 6.07 Å². The summed E-state index contributed by atoms with van der Waals surface area (Å²) >= 11 is 0. The first-order chi connectivity index (χ1) is 9.61.